The average molecular weight is 828 g/mol. The summed E-state index contributed by atoms with van der Waals surface area (Å²) in [5.41, 5.74) is 20.0. The Morgan fingerprint density at radius 3 is 1.05 bits per heavy atom. The fourth-order valence-electron chi connectivity index (χ4n) is 9.29. The van der Waals surface area contributed by atoms with Gasteiger partial charge in [0.15, 0.2) is 0 Å². The minimum absolute atomic E-state index is 1.08. The maximum absolute atomic E-state index is 2.41. The van der Waals surface area contributed by atoms with Crippen LogP contribution in [0.3, 0.4) is 0 Å². The highest BCUT2D eigenvalue weighted by molar-refractivity contribution is 5.97. The van der Waals surface area contributed by atoms with Crippen molar-refractivity contribution in [2.75, 3.05) is 4.90 Å². The lowest BCUT2D eigenvalue weighted by Crippen LogP contribution is -2.11. The Kier molecular flexibility index (Phi) is 10.7. The first kappa shape index (κ1) is 39.3. The number of para-hydroxylation sites is 1. The Bertz CT molecular complexity index is 3390. The highest BCUT2D eigenvalue weighted by Crippen LogP contribution is 2.46. The molecule has 0 bridgehead atoms. The molecule has 11 aromatic carbocycles. The van der Waals surface area contributed by atoms with Crippen molar-refractivity contribution in [3.8, 4) is 77.9 Å². The van der Waals surface area contributed by atoms with Gasteiger partial charge in [0.1, 0.15) is 0 Å². The minimum atomic E-state index is 1.08. The molecule has 11 rings (SSSR count). The monoisotopic (exact) mass is 827 g/mol. The van der Waals surface area contributed by atoms with Crippen molar-refractivity contribution < 1.29 is 0 Å². The standard InChI is InChI=1S/C64H45N/c1-3-18-50(19-4-1)57-23-9-10-24-58(57)52-39-43-56(44-40-52)65(55-41-37-48(38-42-55)47-31-33-49(34-32-47)54-36-35-46-17-7-8-22-53(46)45-54)64-30-16-15-29-63(64)62-28-14-13-27-61(62)60-26-12-11-25-59(60)51-20-5-2-6-21-51/h1-45H. The van der Waals surface area contributed by atoms with Gasteiger partial charge in [-0.1, -0.05) is 237 Å². The van der Waals surface area contributed by atoms with Gasteiger partial charge in [-0.05, 0) is 119 Å². The van der Waals surface area contributed by atoms with Crippen LogP contribution in [0.15, 0.2) is 273 Å². The largest absolute Gasteiger partial charge is 0.310 e. The van der Waals surface area contributed by atoms with Crippen molar-refractivity contribution in [2.45, 2.75) is 0 Å². The molecule has 0 amide bonds. The Morgan fingerprint density at radius 2 is 0.508 bits per heavy atom. The van der Waals surface area contributed by atoms with Crippen molar-refractivity contribution >= 4 is 27.8 Å². The number of hydrogen-bond acceptors (Lipinski definition) is 1. The molecule has 0 aromatic heterocycles. The van der Waals surface area contributed by atoms with Crippen LogP contribution >= 0.6 is 0 Å². The second-order valence-corrected chi connectivity index (χ2v) is 16.5. The van der Waals surface area contributed by atoms with Gasteiger partial charge in [0.25, 0.3) is 0 Å². The molecule has 0 unspecified atom stereocenters. The molecule has 0 radical (unpaired) electrons. The zero-order valence-electron chi connectivity index (χ0n) is 35.9. The average Bonchev–Trinajstić information content (AvgIpc) is 3.40. The quantitative estimate of drug-likeness (QED) is 0.133. The van der Waals surface area contributed by atoms with Crippen molar-refractivity contribution in [3.05, 3.63) is 273 Å². The van der Waals surface area contributed by atoms with E-state index >= 15 is 0 Å². The van der Waals surface area contributed by atoms with E-state index in [1.807, 2.05) is 0 Å². The fourth-order valence-corrected chi connectivity index (χ4v) is 9.29. The van der Waals surface area contributed by atoms with Gasteiger partial charge < -0.3 is 4.90 Å². The Morgan fingerprint density at radius 1 is 0.185 bits per heavy atom. The molecule has 1 nitrogen and oxygen atoms in total. The van der Waals surface area contributed by atoms with Gasteiger partial charge in [-0.2, -0.15) is 0 Å². The van der Waals surface area contributed by atoms with Crippen LogP contribution in [-0.4, -0.2) is 0 Å². The topological polar surface area (TPSA) is 3.24 Å². The summed E-state index contributed by atoms with van der Waals surface area (Å²) in [6, 6.07) is 98.8. The molecule has 65 heavy (non-hydrogen) atoms. The van der Waals surface area contributed by atoms with Crippen molar-refractivity contribution in [1.29, 1.82) is 0 Å². The van der Waals surface area contributed by atoms with Crippen LogP contribution in [0.1, 0.15) is 0 Å². The third-order valence-electron chi connectivity index (χ3n) is 12.5. The Balaban J connectivity index is 1.01. The van der Waals surface area contributed by atoms with Gasteiger partial charge in [-0.25, -0.2) is 0 Å². The molecular weight excluding hydrogens is 783 g/mol. The highest BCUT2D eigenvalue weighted by atomic mass is 15.1. The van der Waals surface area contributed by atoms with Crippen LogP contribution in [0.5, 0.6) is 0 Å². The molecule has 0 spiro atoms. The van der Waals surface area contributed by atoms with E-state index < -0.39 is 0 Å². The molecule has 0 fully saturated rings. The van der Waals surface area contributed by atoms with E-state index in [0.717, 1.165) is 22.6 Å². The maximum Gasteiger partial charge on any atom is 0.0540 e. The number of anilines is 3. The molecule has 0 aliphatic rings. The van der Waals surface area contributed by atoms with Gasteiger partial charge in [-0.15, -0.1) is 0 Å². The predicted octanol–water partition coefficient (Wildman–Crippen LogP) is 18.0. The SMILES string of the molecule is c1ccc(-c2ccccc2-c2ccc(N(c3ccc(-c4ccc(-c5ccc6ccccc6c5)cc4)cc3)c3ccccc3-c3ccccc3-c3ccccc3-c3ccccc3)cc2)cc1. The summed E-state index contributed by atoms with van der Waals surface area (Å²) in [4.78, 5) is 2.41. The number of benzene rings is 11. The summed E-state index contributed by atoms with van der Waals surface area (Å²) in [5.74, 6) is 0. The van der Waals surface area contributed by atoms with Crippen molar-refractivity contribution in [1.82, 2.24) is 0 Å². The van der Waals surface area contributed by atoms with Crippen LogP contribution in [0.4, 0.5) is 17.1 Å². The molecule has 0 N–H and O–H groups in total. The van der Waals surface area contributed by atoms with Gasteiger partial charge in [0.2, 0.25) is 0 Å². The smallest absolute Gasteiger partial charge is 0.0540 e. The third kappa shape index (κ3) is 7.93. The van der Waals surface area contributed by atoms with Gasteiger partial charge in [0, 0.05) is 16.9 Å². The Labute approximate surface area is 381 Å². The van der Waals surface area contributed by atoms with Gasteiger partial charge in [0.05, 0.1) is 5.69 Å². The second kappa shape index (κ2) is 17.7. The van der Waals surface area contributed by atoms with E-state index in [2.05, 4.69) is 278 Å². The van der Waals surface area contributed by atoms with E-state index in [4.69, 9.17) is 0 Å². The number of fused-ring (bicyclic) bond motifs is 1. The third-order valence-corrected chi connectivity index (χ3v) is 12.5. The summed E-state index contributed by atoms with van der Waals surface area (Å²) >= 11 is 0. The van der Waals surface area contributed by atoms with E-state index in [9.17, 15) is 0 Å². The molecule has 11 aromatic rings. The zero-order chi connectivity index (χ0) is 43.4. The molecule has 0 heterocycles. The molecule has 0 aliphatic carbocycles. The first-order valence-electron chi connectivity index (χ1n) is 22.3. The predicted molar refractivity (Wildman–Crippen MR) is 277 cm³/mol. The van der Waals surface area contributed by atoms with Crippen molar-refractivity contribution in [2.24, 2.45) is 0 Å². The summed E-state index contributed by atoms with van der Waals surface area (Å²) in [7, 11) is 0. The van der Waals surface area contributed by atoms with Gasteiger partial charge in [-0.3, -0.25) is 0 Å². The molecule has 0 saturated carbocycles. The van der Waals surface area contributed by atoms with Crippen molar-refractivity contribution in [3.63, 3.8) is 0 Å². The van der Waals surface area contributed by atoms with E-state index in [-0.39, 0.29) is 0 Å². The fraction of sp³-hybridized carbons (Fsp3) is 0. The molecule has 0 aliphatic heterocycles. The summed E-state index contributed by atoms with van der Waals surface area (Å²) in [5, 5.41) is 2.51. The second-order valence-electron chi connectivity index (χ2n) is 16.5. The molecule has 1 heteroatoms. The van der Waals surface area contributed by atoms with Crippen LogP contribution < -0.4 is 4.90 Å². The lowest BCUT2D eigenvalue weighted by Gasteiger charge is -2.29. The maximum atomic E-state index is 2.41. The number of hydrogen-bond donors (Lipinski definition) is 0. The van der Waals surface area contributed by atoms with E-state index in [1.165, 1.54) is 83.1 Å². The normalized spacial score (nSPS) is 11.1. The summed E-state index contributed by atoms with van der Waals surface area (Å²) in [6.45, 7) is 0. The summed E-state index contributed by atoms with van der Waals surface area (Å²) in [6.07, 6.45) is 0. The van der Waals surface area contributed by atoms with Gasteiger partial charge >= 0.3 is 0 Å². The lowest BCUT2D eigenvalue weighted by molar-refractivity contribution is 1.28. The lowest BCUT2D eigenvalue weighted by atomic mass is 9.88. The van der Waals surface area contributed by atoms with E-state index in [1.54, 1.807) is 0 Å². The molecular formula is C64H45N. The zero-order valence-corrected chi connectivity index (χ0v) is 35.9. The molecule has 0 saturated heterocycles. The van der Waals surface area contributed by atoms with Crippen LogP contribution in [0.25, 0.3) is 88.7 Å². The number of nitrogens with zero attached hydrogens (tertiary/aromatic N) is 1. The number of rotatable bonds is 10. The first-order valence-corrected chi connectivity index (χ1v) is 22.3. The molecule has 306 valence electrons. The van der Waals surface area contributed by atoms with Crippen LogP contribution in [-0.2, 0) is 0 Å². The highest BCUT2D eigenvalue weighted by Gasteiger charge is 2.21. The molecule has 0 atom stereocenters. The summed E-state index contributed by atoms with van der Waals surface area (Å²) < 4.78 is 0. The van der Waals surface area contributed by atoms with E-state index in [0.29, 0.717) is 0 Å². The minimum Gasteiger partial charge on any atom is -0.310 e. The Hall–Kier alpha value is -8.52. The van der Waals surface area contributed by atoms with Crippen LogP contribution in [0.2, 0.25) is 0 Å². The van der Waals surface area contributed by atoms with Crippen LogP contribution in [0, 0.1) is 0 Å². The first-order chi connectivity index (χ1) is 32.2.